The van der Waals surface area contributed by atoms with Gasteiger partial charge in [-0.15, -0.1) is 0 Å². The topological polar surface area (TPSA) is 61.4 Å². The maximum absolute atomic E-state index is 13.1. The Balaban J connectivity index is 1.61. The number of benzene rings is 2. The molecule has 29 heavy (non-hydrogen) atoms. The van der Waals surface area contributed by atoms with Gasteiger partial charge in [0.1, 0.15) is 5.82 Å². The number of nitrogens with one attached hydrogen (secondary N) is 2. The zero-order valence-corrected chi connectivity index (χ0v) is 17.0. The quantitative estimate of drug-likeness (QED) is 0.739. The van der Waals surface area contributed by atoms with E-state index in [1.807, 2.05) is 18.9 Å². The van der Waals surface area contributed by atoms with E-state index in [2.05, 4.69) is 10.6 Å². The molecule has 0 heterocycles. The summed E-state index contributed by atoms with van der Waals surface area (Å²) in [5, 5.41) is 5.92. The van der Waals surface area contributed by atoms with Crippen LogP contribution in [0.1, 0.15) is 54.6 Å². The fourth-order valence-corrected chi connectivity index (χ4v) is 3.67. The summed E-state index contributed by atoms with van der Waals surface area (Å²) in [7, 11) is 1.84. The molecule has 5 nitrogen and oxygen atoms in total. The number of amides is 2. The average molecular weight is 397 g/mol. The highest BCUT2D eigenvalue weighted by Crippen LogP contribution is 2.21. The Morgan fingerprint density at radius 3 is 2.45 bits per heavy atom. The molecule has 2 N–H and O–H groups in total. The van der Waals surface area contributed by atoms with Crippen molar-refractivity contribution in [3.05, 3.63) is 65.5 Å². The van der Waals surface area contributed by atoms with Crippen LogP contribution in [0.2, 0.25) is 0 Å². The summed E-state index contributed by atoms with van der Waals surface area (Å²) in [6, 6.07) is 13.5. The lowest BCUT2D eigenvalue weighted by Gasteiger charge is -2.24. The number of likely N-dealkylation sites (N-methyl/N-ethyl adjacent to an activating group) is 1. The van der Waals surface area contributed by atoms with Crippen LogP contribution in [0.25, 0.3) is 0 Å². The van der Waals surface area contributed by atoms with Crippen molar-refractivity contribution in [2.75, 3.05) is 18.9 Å². The molecule has 1 saturated carbocycles. The maximum Gasteiger partial charge on any atom is 0.253 e. The van der Waals surface area contributed by atoms with Gasteiger partial charge in [0.25, 0.3) is 5.91 Å². The number of halogens is 1. The van der Waals surface area contributed by atoms with Crippen molar-refractivity contribution < 1.29 is 14.0 Å². The van der Waals surface area contributed by atoms with Gasteiger partial charge in [-0.05, 0) is 56.6 Å². The van der Waals surface area contributed by atoms with Gasteiger partial charge in [-0.1, -0.05) is 37.1 Å². The third-order valence-corrected chi connectivity index (χ3v) is 5.54. The summed E-state index contributed by atoms with van der Waals surface area (Å²) in [5.41, 5.74) is 1.91. The number of carbonyl (C=O) groups is 2. The molecule has 2 aromatic carbocycles. The number of anilines is 1. The molecule has 0 saturated heterocycles. The van der Waals surface area contributed by atoms with Crippen LogP contribution in [-0.4, -0.2) is 36.3 Å². The van der Waals surface area contributed by atoms with Crippen molar-refractivity contribution in [3.63, 3.8) is 0 Å². The molecule has 1 atom stereocenters. The normalized spacial score (nSPS) is 15.3. The van der Waals surface area contributed by atoms with E-state index in [4.69, 9.17) is 0 Å². The summed E-state index contributed by atoms with van der Waals surface area (Å²) in [6.45, 7) is 2.11. The number of carbonyl (C=O) groups excluding carboxylic acids is 2. The first kappa shape index (κ1) is 21.0. The molecule has 2 aromatic rings. The highest BCUT2D eigenvalue weighted by Gasteiger charge is 2.21. The summed E-state index contributed by atoms with van der Waals surface area (Å²) < 4.78 is 13.1. The first-order chi connectivity index (χ1) is 13.9. The monoisotopic (exact) mass is 397 g/mol. The minimum absolute atomic E-state index is 0.0535. The summed E-state index contributed by atoms with van der Waals surface area (Å²) in [5.74, 6) is -0.641. The second-order valence-corrected chi connectivity index (χ2v) is 7.69. The van der Waals surface area contributed by atoms with E-state index in [1.54, 1.807) is 36.4 Å². The first-order valence-corrected chi connectivity index (χ1v) is 10.1. The molecule has 1 unspecified atom stereocenters. The molecule has 1 aliphatic rings. The fraction of sp³-hybridized carbons (Fsp3) is 0.391. The van der Waals surface area contributed by atoms with Crippen molar-refractivity contribution in [1.82, 2.24) is 10.2 Å². The van der Waals surface area contributed by atoms with Crippen LogP contribution in [0.5, 0.6) is 0 Å². The second kappa shape index (κ2) is 9.65. The van der Waals surface area contributed by atoms with Crippen molar-refractivity contribution in [3.8, 4) is 0 Å². The van der Waals surface area contributed by atoms with Gasteiger partial charge in [0.05, 0.1) is 17.8 Å². The number of nitrogens with zero attached hydrogens (tertiary/aromatic N) is 1. The van der Waals surface area contributed by atoms with Crippen molar-refractivity contribution in [2.24, 2.45) is 0 Å². The highest BCUT2D eigenvalue weighted by atomic mass is 19.1. The van der Waals surface area contributed by atoms with Gasteiger partial charge in [-0.25, -0.2) is 4.39 Å². The van der Waals surface area contributed by atoms with E-state index in [9.17, 15) is 14.0 Å². The largest absolute Gasteiger partial charge is 0.349 e. The number of para-hydroxylation sites is 1. The van der Waals surface area contributed by atoms with E-state index < -0.39 is 0 Å². The van der Waals surface area contributed by atoms with Crippen molar-refractivity contribution in [2.45, 2.75) is 44.7 Å². The predicted octanol–water partition coefficient (Wildman–Crippen LogP) is 4.13. The van der Waals surface area contributed by atoms with Gasteiger partial charge in [0.2, 0.25) is 5.91 Å². The molecule has 0 radical (unpaired) electrons. The first-order valence-electron chi connectivity index (χ1n) is 10.1. The Hall–Kier alpha value is -2.73. The van der Waals surface area contributed by atoms with Crippen LogP contribution in [0, 0.1) is 5.82 Å². The van der Waals surface area contributed by atoms with Gasteiger partial charge < -0.3 is 10.6 Å². The standard InChI is InChI=1S/C23H28FN3O2/c1-16(17-11-13-18(24)14-12-17)27(2)15-22(28)26-21-10-6-5-9-20(21)23(29)25-19-7-3-4-8-19/h5-6,9-14,16,19H,3-4,7-8,15H2,1-2H3,(H,25,29)(H,26,28). The number of hydrogen-bond donors (Lipinski definition) is 2. The van der Waals surface area contributed by atoms with E-state index in [-0.39, 0.29) is 36.3 Å². The smallest absolute Gasteiger partial charge is 0.253 e. The van der Waals surface area contributed by atoms with E-state index in [0.29, 0.717) is 11.3 Å². The second-order valence-electron chi connectivity index (χ2n) is 7.69. The highest BCUT2D eigenvalue weighted by molar-refractivity contribution is 6.04. The molecule has 154 valence electrons. The van der Waals surface area contributed by atoms with Gasteiger partial charge in [-0.2, -0.15) is 0 Å². The third kappa shape index (κ3) is 5.64. The third-order valence-electron chi connectivity index (χ3n) is 5.54. The fourth-order valence-electron chi connectivity index (χ4n) is 3.67. The Kier molecular flexibility index (Phi) is 6.99. The van der Waals surface area contributed by atoms with E-state index >= 15 is 0 Å². The summed E-state index contributed by atoms with van der Waals surface area (Å²) in [4.78, 5) is 27.1. The van der Waals surface area contributed by atoms with Crippen molar-refractivity contribution >= 4 is 17.5 Å². The lowest BCUT2D eigenvalue weighted by Crippen LogP contribution is -2.35. The van der Waals surface area contributed by atoms with Gasteiger partial charge in [-0.3, -0.25) is 14.5 Å². The average Bonchev–Trinajstić information content (AvgIpc) is 3.21. The van der Waals surface area contributed by atoms with E-state index in [0.717, 1.165) is 31.2 Å². The zero-order chi connectivity index (χ0) is 20.8. The van der Waals surface area contributed by atoms with Gasteiger partial charge in [0, 0.05) is 12.1 Å². The minimum atomic E-state index is -0.283. The number of hydrogen-bond acceptors (Lipinski definition) is 3. The van der Waals surface area contributed by atoms with E-state index in [1.165, 1.54) is 12.1 Å². The van der Waals surface area contributed by atoms with Crippen LogP contribution in [-0.2, 0) is 4.79 Å². The molecule has 1 fully saturated rings. The summed E-state index contributed by atoms with van der Waals surface area (Å²) in [6.07, 6.45) is 4.29. The van der Waals surface area contributed by atoms with Crippen LogP contribution >= 0.6 is 0 Å². The molecule has 6 heteroatoms. The Bertz CT molecular complexity index is 847. The molecule has 0 aromatic heterocycles. The maximum atomic E-state index is 13.1. The Morgan fingerprint density at radius 1 is 1.10 bits per heavy atom. The Morgan fingerprint density at radius 2 is 1.76 bits per heavy atom. The molecule has 0 aliphatic heterocycles. The van der Waals surface area contributed by atoms with Crippen LogP contribution in [0.4, 0.5) is 10.1 Å². The van der Waals surface area contributed by atoms with Crippen LogP contribution in [0.15, 0.2) is 48.5 Å². The lowest BCUT2D eigenvalue weighted by molar-refractivity contribution is -0.117. The molecule has 0 bridgehead atoms. The van der Waals surface area contributed by atoms with Gasteiger partial charge in [0.15, 0.2) is 0 Å². The Labute approximate surface area is 171 Å². The molecule has 2 amide bonds. The molecular formula is C23H28FN3O2. The SMILES string of the molecule is CC(c1ccc(F)cc1)N(C)CC(=O)Nc1ccccc1C(=O)NC1CCCC1. The number of rotatable bonds is 7. The molecule has 0 spiro atoms. The molecular weight excluding hydrogens is 369 g/mol. The van der Waals surface area contributed by atoms with Crippen LogP contribution in [0.3, 0.4) is 0 Å². The minimum Gasteiger partial charge on any atom is -0.349 e. The van der Waals surface area contributed by atoms with Crippen LogP contribution < -0.4 is 10.6 Å². The molecule has 3 rings (SSSR count). The summed E-state index contributed by atoms with van der Waals surface area (Å²) >= 11 is 0. The molecule has 1 aliphatic carbocycles. The van der Waals surface area contributed by atoms with Gasteiger partial charge >= 0.3 is 0 Å². The van der Waals surface area contributed by atoms with Crippen molar-refractivity contribution in [1.29, 1.82) is 0 Å². The predicted molar refractivity (Wildman–Crippen MR) is 112 cm³/mol. The zero-order valence-electron chi connectivity index (χ0n) is 17.0. The lowest BCUT2D eigenvalue weighted by atomic mass is 10.1.